The van der Waals surface area contributed by atoms with E-state index in [9.17, 15) is 0 Å². The fourth-order valence-corrected chi connectivity index (χ4v) is 8.87. The van der Waals surface area contributed by atoms with Crippen LogP contribution in [-0.4, -0.2) is 17.6 Å². The van der Waals surface area contributed by atoms with Gasteiger partial charge < -0.3 is 0 Å². The van der Waals surface area contributed by atoms with Gasteiger partial charge in [-0.1, -0.05) is 131 Å². The van der Waals surface area contributed by atoms with Crippen LogP contribution < -0.4 is 4.90 Å². The minimum Gasteiger partial charge on any atom is -0.297 e. The van der Waals surface area contributed by atoms with E-state index in [1.807, 2.05) is 60.7 Å². The second-order valence-corrected chi connectivity index (χ2v) is 13.7. The third-order valence-electron chi connectivity index (χ3n) is 9.87. The number of imide groups is 1. The van der Waals surface area contributed by atoms with E-state index in [1.165, 1.54) is 6.07 Å². The minimum atomic E-state index is -1.58. The van der Waals surface area contributed by atoms with Gasteiger partial charge in [-0.05, 0) is 75.9 Å². The molecule has 2 bridgehead atoms. The Hall–Kier alpha value is -4.19. The molecule has 0 unspecified atom stereocenters. The molecule has 4 atom stereocenters. The maximum Gasteiger partial charge on any atom is 0.239 e. The number of amides is 2. The molecule has 3 aliphatic rings. The molecule has 0 radical (unpaired) electrons. The van der Waals surface area contributed by atoms with Crippen LogP contribution in [0.5, 0.6) is 0 Å². The van der Waals surface area contributed by atoms with Crippen molar-refractivity contribution in [1.29, 1.82) is 0 Å². The number of hydrogen-bond acceptors (Lipinski definition) is 3. The Balaban J connectivity index is 1.56. The highest BCUT2D eigenvalue weighted by Crippen LogP contribution is 2.74. The second kappa shape index (κ2) is 10.9. The second-order valence-electron chi connectivity index (χ2n) is 12.0. The number of fused-ring (bicyclic) bond motifs is 5. The van der Waals surface area contributed by atoms with Crippen LogP contribution >= 0.6 is 46.4 Å². The summed E-state index contributed by atoms with van der Waals surface area (Å²) >= 11 is 25.9. The summed E-state index contributed by atoms with van der Waals surface area (Å²) in [7, 11) is 0. The van der Waals surface area contributed by atoms with Crippen LogP contribution in [0.1, 0.15) is 22.3 Å². The molecule has 8 heteroatoms. The number of nitrogens with zero attached hydrogens (tertiary/aromatic N) is 1. The fourth-order valence-electron chi connectivity index (χ4n) is 8.25. The van der Waals surface area contributed by atoms with E-state index in [-0.39, 0.29) is 16.5 Å². The van der Waals surface area contributed by atoms with Gasteiger partial charge in [0, 0.05) is 15.1 Å². The van der Waals surface area contributed by atoms with Gasteiger partial charge in [-0.2, -0.15) is 0 Å². The van der Waals surface area contributed by atoms with Crippen molar-refractivity contribution >= 4 is 80.8 Å². The molecule has 1 aliphatic heterocycles. The van der Waals surface area contributed by atoms with Crippen molar-refractivity contribution in [3.05, 3.63) is 170 Å². The number of hydrogen-bond donors (Lipinski definition) is 0. The summed E-state index contributed by atoms with van der Waals surface area (Å²) in [5, 5.41) is 1.46. The first kappa shape index (κ1) is 30.2. The number of Topliss-reactive ketones (excluding diaryl/α,β-unsaturated/α-hetero) is 1. The summed E-state index contributed by atoms with van der Waals surface area (Å²) in [6, 6.07) is 37.9. The van der Waals surface area contributed by atoms with Crippen molar-refractivity contribution in [2.45, 2.75) is 10.8 Å². The molecule has 230 valence electrons. The van der Waals surface area contributed by atoms with Crippen molar-refractivity contribution < 1.29 is 14.4 Å². The Bertz CT molecular complexity index is 2020. The topological polar surface area (TPSA) is 54.5 Å². The average molecular weight is 695 g/mol. The van der Waals surface area contributed by atoms with Crippen molar-refractivity contribution in [2.75, 3.05) is 4.90 Å². The lowest BCUT2D eigenvalue weighted by molar-refractivity contribution is -0.130. The van der Waals surface area contributed by atoms with Gasteiger partial charge >= 0.3 is 0 Å². The van der Waals surface area contributed by atoms with Crippen molar-refractivity contribution in [3.8, 4) is 0 Å². The summed E-state index contributed by atoms with van der Waals surface area (Å²) in [5.74, 6) is -3.53. The van der Waals surface area contributed by atoms with Gasteiger partial charge in [-0.15, -0.1) is 0 Å². The summed E-state index contributed by atoms with van der Waals surface area (Å²) in [4.78, 5) is 47.2. The fraction of sp³-hybridized carbons (Fsp3) is 0.103. The van der Waals surface area contributed by atoms with E-state index < -0.39 is 34.5 Å². The van der Waals surface area contributed by atoms with E-state index in [1.54, 1.807) is 60.7 Å². The van der Waals surface area contributed by atoms with Crippen molar-refractivity contribution in [3.63, 3.8) is 0 Å². The van der Waals surface area contributed by atoms with Gasteiger partial charge in [0.1, 0.15) is 0 Å². The molecule has 2 amide bonds. The van der Waals surface area contributed by atoms with E-state index in [2.05, 4.69) is 0 Å². The molecule has 2 fully saturated rings. The number of carbonyl (C=O) groups is 3. The zero-order chi connectivity index (χ0) is 32.7. The lowest BCUT2D eigenvalue weighted by Crippen LogP contribution is -2.45. The summed E-state index contributed by atoms with van der Waals surface area (Å²) in [6.07, 6.45) is 0. The number of rotatable bonds is 5. The third-order valence-corrected chi connectivity index (χ3v) is 10.9. The van der Waals surface area contributed by atoms with E-state index in [0.29, 0.717) is 37.3 Å². The molecule has 47 heavy (non-hydrogen) atoms. The highest BCUT2D eigenvalue weighted by Gasteiger charge is 2.82. The van der Waals surface area contributed by atoms with Crippen molar-refractivity contribution in [2.24, 2.45) is 11.8 Å². The van der Waals surface area contributed by atoms with E-state index in [0.717, 1.165) is 16.0 Å². The number of anilines is 1. The van der Waals surface area contributed by atoms with Crippen LogP contribution in [0.15, 0.2) is 127 Å². The molecule has 0 spiro atoms. The molecular formula is C39H23Cl4NO3. The standard InChI is InChI=1S/C39H23Cl4NO3/c40-26-15-11-24(12-16-26)38-31(22-7-3-1-4-8-22)32(23-9-5-2-6-10-23)39(37(38)47,25-13-17-27(41)18-14-25)34-33(38)35(45)44(36(34)46)30-21-28(42)19-20-29(30)43/h1-21,33-34H/t33-,34-,38-,39-/m0/s1. The molecule has 8 rings (SSSR count). The number of allylic oxidation sites excluding steroid dienone is 2. The third kappa shape index (κ3) is 3.99. The molecule has 0 aromatic heterocycles. The largest absolute Gasteiger partial charge is 0.297 e. The van der Waals surface area contributed by atoms with Gasteiger partial charge in [-0.3, -0.25) is 14.4 Å². The van der Waals surface area contributed by atoms with Crippen molar-refractivity contribution in [1.82, 2.24) is 0 Å². The Morgan fingerprint density at radius 3 is 1.32 bits per heavy atom. The van der Waals surface area contributed by atoms with Crippen LogP contribution in [0, 0.1) is 11.8 Å². The van der Waals surface area contributed by atoms with Gasteiger partial charge in [0.25, 0.3) is 0 Å². The van der Waals surface area contributed by atoms with E-state index >= 15 is 14.4 Å². The highest BCUT2D eigenvalue weighted by molar-refractivity contribution is 6.42. The Morgan fingerprint density at radius 1 is 0.489 bits per heavy atom. The molecule has 1 saturated heterocycles. The number of benzene rings is 5. The Labute approximate surface area is 291 Å². The van der Waals surface area contributed by atoms with Crippen LogP contribution in [0.2, 0.25) is 20.1 Å². The zero-order valence-corrected chi connectivity index (χ0v) is 27.5. The number of halogens is 4. The molecule has 5 aromatic carbocycles. The zero-order valence-electron chi connectivity index (χ0n) is 24.5. The first-order valence-corrected chi connectivity index (χ1v) is 16.5. The quantitative estimate of drug-likeness (QED) is 0.172. The Kier molecular flexibility index (Phi) is 7.02. The monoisotopic (exact) mass is 693 g/mol. The van der Waals surface area contributed by atoms with Gasteiger partial charge in [-0.25, -0.2) is 4.90 Å². The maximum absolute atomic E-state index is 15.9. The van der Waals surface area contributed by atoms with Crippen LogP contribution in [0.3, 0.4) is 0 Å². The normalized spacial score (nSPS) is 24.8. The summed E-state index contributed by atoms with van der Waals surface area (Å²) in [6.45, 7) is 0. The lowest BCUT2D eigenvalue weighted by atomic mass is 9.59. The van der Waals surface area contributed by atoms with Gasteiger partial charge in [0.15, 0.2) is 5.78 Å². The number of carbonyl (C=O) groups excluding carboxylic acids is 3. The average Bonchev–Trinajstić information content (AvgIpc) is 3.59. The first-order chi connectivity index (χ1) is 22.7. The Morgan fingerprint density at radius 2 is 0.894 bits per heavy atom. The molecule has 1 heterocycles. The van der Waals surface area contributed by atoms with Crippen LogP contribution in [-0.2, 0) is 25.2 Å². The highest BCUT2D eigenvalue weighted by atomic mass is 35.5. The smallest absolute Gasteiger partial charge is 0.239 e. The first-order valence-electron chi connectivity index (χ1n) is 15.0. The molecule has 4 nitrogen and oxygen atoms in total. The predicted octanol–water partition coefficient (Wildman–Crippen LogP) is 9.49. The van der Waals surface area contributed by atoms with Gasteiger partial charge in [0.2, 0.25) is 11.8 Å². The molecule has 5 aromatic rings. The number of ketones is 1. The molecule has 0 N–H and O–H groups in total. The molecular weight excluding hydrogens is 672 g/mol. The molecule has 2 aliphatic carbocycles. The summed E-state index contributed by atoms with van der Waals surface area (Å²) < 4.78 is 0. The maximum atomic E-state index is 15.9. The SMILES string of the molecule is O=C1[C@@H]2[C@@H](C(=O)N1c1cc(Cl)ccc1Cl)[C@@]1(c3ccc(Cl)cc3)C(=O)[C@@]2(c2ccc(Cl)cc2)C(c2ccccc2)=C1c1ccccc1. The molecule has 1 saturated carbocycles. The van der Waals surface area contributed by atoms with Crippen LogP contribution in [0.4, 0.5) is 5.69 Å². The predicted molar refractivity (Wildman–Crippen MR) is 187 cm³/mol. The van der Waals surface area contributed by atoms with Gasteiger partial charge in [0.05, 0.1) is 33.4 Å². The van der Waals surface area contributed by atoms with Crippen LogP contribution in [0.25, 0.3) is 11.1 Å². The van der Waals surface area contributed by atoms with E-state index in [4.69, 9.17) is 46.4 Å². The lowest BCUT2D eigenvalue weighted by Gasteiger charge is -2.39. The summed E-state index contributed by atoms with van der Waals surface area (Å²) in [5.41, 5.74) is 1.05. The minimum absolute atomic E-state index is 0.176.